The smallest absolute Gasteiger partial charge is 0.227 e. The number of nitrogens with zero attached hydrogens (tertiary/aromatic N) is 5. The number of carbonyl (C=O) groups excluding carboxylic acids is 1. The number of rotatable bonds is 8. The number of hydrogen-bond donors (Lipinski definition) is 0. The summed E-state index contributed by atoms with van der Waals surface area (Å²) in [6.07, 6.45) is 3.89. The van der Waals surface area contributed by atoms with Gasteiger partial charge in [0.05, 0.1) is 10.8 Å². The number of thiophene rings is 1. The second-order valence-electron chi connectivity index (χ2n) is 9.32. The first-order valence-corrected chi connectivity index (χ1v) is 13.3. The van der Waals surface area contributed by atoms with Crippen LogP contribution in [0.5, 0.6) is 0 Å². The van der Waals surface area contributed by atoms with Crippen molar-refractivity contribution in [2.75, 3.05) is 45.8 Å². The Kier molecular flexibility index (Phi) is 7.68. The van der Waals surface area contributed by atoms with Crippen LogP contribution >= 0.6 is 11.3 Å². The molecule has 4 heterocycles. The molecule has 5 rings (SSSR count). The fraction of sp³-hybridized carbons (Fsp3) is 0.500. The number of piperidine rings is 1. The Bertz CT molecular complexity index is 1030. The Hall–Kier alpha value is -2.55. The zero-order chi connectivity index (χ0) is 23.2. The molecule has 0 aliphatic carbocycles. The monoisotopic (exact) mass is 479 g/mol. The van der Waals surface area contributed by atoms with Crippen molar-refractivity contribution >= 4 is 17.2 Å². The Balaban J connectivity index is 1.03. The molecule has 2 aromatic heterocycles. The summed E-state index contributed by atoms with van der Waals surface area (Å²) in [5.41, 5.74) is 1.33. The van der Waals surface area contributed by atoms with Crippen LogP contribution in [0.25, 0.3) is 10.7 Å². The number of aromatic nitrogens is 2. The minimum atomic E-state index is 0.138. The van der Waals surface area contributed by atoms with Crippen LogP contribution < -0.4 is 0 Å². The van der Waals surface area contributed by atoms with Gasteiger partial charge in [-0.05, 0) is 49.4 Å². The van der Waals surface area contributed by atoms with Gasteiger partial charge in [-0.2, -0.15) is 4.98 Å². The molecule has 7 nitrogen and oxygen atoms in total. The average Bonchev–Trinajstić information content (AvgIpc) is 3.57. The van der Waals surface area contributed by atoms with Crippen molar-refractivity contribution in [3.8, 4) is 10.7 Å². The van der Waals surface area contributed by atoms with Gasteiger partial charge in [-0.25, -0.2) is 0 Å². The highest BCUT2D eigenvalue weighted by Gasteiger charge is 2.31. The van der Waals surface area contributed by atoms with Crippen LogP contribution in [0.4, 0.5) is 0 Å². The van der Waals surface area contributed by atoms with Crippen molar-refractivity contribution in [2.24, 2.45) is 5.92 Å². The van der Waals surface area contributed by atoms with Gasteiger partial charge in [0.2, 0.25) is 17.6 Å². The molecule has 1 unspecified atom stereocenters. The van der Waals surface area contributed by atoms with Crippen LogP contribution in [0.1, 0.15) is 30.7 Å². The number of aryl methyl sites for hydroxylation is 1. The van der Waals surface area contributed by atoms with E-state index in [2.05, 4.69) is 55.2 Å². The van der Waals surface area contributed by atoms with Crippen LogP contribution in [0, 0.1) is 5.92 Å². The maximum Gasteiger partial charge on any atom is 0.227 e. The van der Waals surface area contributed by atoms with E-state index in [1.54, 1.807) is 11.3 Å². The van der Waals surface area contributed by atoms with Crippen molar-refractivity contribution in [3.63, 3.8) is 0 Å². The maximum absolute atomic E-state index is 13.2. The van der Waals surface area contributed by atoms with Gasteiger partial charge < -0.3 is 9.42 Å². The molecule has 0 spiro atoms. The molecular weight excluding hydrogens is 446 g/mol. The van der Waals surface area contributed by atoms with Crippen LogP contribution in [-0.4, -0.2) is 76.6 Å². The molecule has 3 aromatic rings. The average molecular weight is 480 g/mol. The van der Waals surface area contributed by atoms with Crippen LogP contribution in [0.3, 0.4) is 0 Å². The van der Waals surface area contributed by atoms with E-state index in [9.17, 15) is 4.79 Å². The van der Waals surface area contributed by atoms with Gasteiger partial charge in [-0.1, -0.05) is 41.6 Å². The lowest BCUT2D eigenvalue weighted by atomic mass is 9.95. The predicted molar refractivity (Wildman–Crippen MR) is 133 cm³/mol. The third-order valence-electron chi connectivity index (χ3n) is 6.86. The molecular formula is C26H33N5O2S. The Morgan fingerprint density at radius 3 is 2.68 bits per heavy atom. The molecule has 0 bridgehead atoms. The van der Waals surface area contributed by atoms with E-state index in [-0.39, 0.29) is 5.92 Å². The van der Waals surface area contributed by atoms with Gasteiger partial charge in [-0.3, -0.25) is 14.6 Å². The number of piperazine rings is 1. The SMILES string of the molecule is O=C(C1CCCN(Cc2ccccc2)C1)N1CCN(CCCc2nc(-c3cccs3)no2)CC1. The normalized spacial score (nSPS) is 20.0. The van der Waals surface area contributed by atoms with Gasteiger partial charge >= 0.3 is 0 Å². The van der Waals surface area contributed by atoms with Crippen molar-refractivity contribution in [1.29, 1.82) is 0 Å². The van der Waals surface area contributed by atoms with Crippen molar-refractivity contribution in [1.82, 2.24) is 24.8 Å². The van der Waals surface area contributed by atoms with Gasteiger partial charge in [0.1, 0.15) is 0 Å². The second kappa shape index (κ2) is 11.3. The highest BCUT2D eigenvalue weighted by molar-refractivity contribution is 7.13. The highest BCUT2D eigenvalue weighted by atomic mass is 32.1. The summed E-state index contributed by atoms with van der Waals surface area (Å²) in [6.45, 7) is 7.44. The summed E-state index contributed by atoms with van der Waals surface area (Å²) >= 11 is 1.62. The summed E-state index contributed by atoms with van der Waals surface area (Å²) < 4.78 is 5.41. The largest absolute Gasteiger partial charge is 0.340 e. The zero-order valence-corrected chi connectivity index (χ0v) is 20.5. The topological polar surface area (TPSA) is 65.7 Å². The summed E-state index contributed by atoms with van der Waals surface area (Å²) in [7, 11) is 0. The summed E-state index contributed by atoms with van der Waals surface area (Å²) in [5, 5.41) is 6.11. The molecule has 2 saturated heterocycles. The van der Waals surface area contributed by atoms with Crippen LogP contribution in [0.2, 0.25) is 0 Å². The minimum Gasteiger partial charge on any atom is -0.340 e. The third kappa shape index (κ3) is 5.92. The molecule has 0 saturated carbocycles. The fourth-order valence-corrected chi connectivity index (χ4v) is 5.66. The van der Waals surface area contributed by atoms with Gasteiger partial charge in [0.25, 0.3) is 0 Å². The van der Waals surface area contributed by atoms with Crippen LogP contribution in [0.15, 0.2) is 52.4 Å². The summed E-state index contributed by atoms with van der Waals surface area (Å²) in [6, 6.07) is 14.6. The van der Waals surface area contributed by atoms with Gasteiger partial charge in [0.15, 0.2) is 0 Å². The minimum absolute atomic E-state index is 0.138. The summed E-state index contributed by atoms with van der Waals surface area (Å²) in [5.74, 6) is 1.88. The Morgan fingerprint density at radius 1 is 1.03 bits per heavy atom. The van der Waals surface area contributed by atoms with Crippen molar-refractivity contribution < 1.29 is 9.32 Å². The quantitative estimate of drug-likeness (QED) is 0.490. The molecule has 8 heteroatoms. The number of amides is 1. The first-order valence-electron chi connectivity index (χ1n) is 12.4. The van der Waals surface area contributed by atoms with E-state index in [0.717, 1.165) is 82.9 Å². The molecule has 34 heavy (non-hydrogen) atoms. The molecule has 1 atom stereocenters. The number of likely N-dealkylation sites (tertiary alicyclic amines) is 1. The number of hydrogen-bond acceptors (Lipinski definition) is 7. The zero-order valence-electron chi connectivity index (χ0n) is 19.6. The molecule has 2 aliphatic rings. The van der Waals surface area contributed by atoms with E-state index in [1.165, 1.54) is 5.56 Å². The van der Waals surface area contributed by atoms with Crippen LogP contribution in [-0.2, 0) is 17.8 Å². The van der Waals surface area contributed by atoms with E-state index < -0.39 is 0 Å². The lowest BCUT2D eigenvalue weighted by Gasteiger charge is -2.39. The van der Waals surface area contributed by atoms with Crippen molar-refractivity contribution in [2.45, 2.75) is 32.2 Å². The molecule has 0 radical (unpaired) electrons. The first kappa shape index (κ1) is 23.2. The maximum atomic E-state index is 13.2. The Labute approximate surface area is 205 Å². The van der Waals surface area contributed by atoms with Gasteiger partial charge in [0, 0.05) is 45.7 Å². The second-order valence-corrected chi connectivity index (χ2v) is 10.3. The number of benzene rings is 1. The van der Waals surface area contributed by atoms with Gasteiger partial charge in [-0.15, -0.1) is 11.3 Å². The van der Waals surface area contributed by atoms with E-state index in [0.29, 0.717) is 17.6 Å². The first-order chi connectivity index (χ1) is 16.7. The standard InChI is InChI=1S/C26H33N5O2S/c32-26(22-9-4-13-30(20-22)19-21-7-2-1-3-8-21)31-16-14-29(15-17-31)12-5-11-24-27-25(28-33-24)23-10-6-18-34-23/h1-3,6-8,10,18,22H,4-5,9,11-17,19-20H2. The fourth-order valence-electron chi connectivity index (χ4n) is 5.01. The molecule has 1 aromatic carbocycles. The molecule has 2 aliphatic heterocycles. The van der Waals surface area contributed by atoms with Crippen molar-refractivity contribution in [3.05, 3.63) is 59.3 Å². The third-order valence-corrected chi connectivity index (χ3v) is 7.73. The number of carbonyl (C=O) groups is 1. The lowest BCUT2D eigenvalue weighted by molar-refractivity contribution is -0.139. The van der Waals surface area contributed by atoms with E-state index in [4.69, 9.17) is 4.52 Å². The summed E-state index contributed by atoms with van der Waals surface area (Å²) in [4.78, 5) is 25.7. The van der Waals surface area contributed by atoms with E-state index >= 15 is 0 Å². The molecule has 1 amide bonds. The molecule has 2 fully saturated rings. The predicted octanol–water partition coefficient (Wildman–Crippen LogP) is 3.79. The molecule has 180 valence electrons. The molecule has 0 N–H and O–H groups in total. The highest BCUT2D eigenvalue weighted by Crippen LogP contribution is 2.23. The van der Waals surface area contributed by atoms with E-state index in [1.807, 2.05) is 17.5 Å². The Morgan fingerprint density at radius 2 is 1.88 bits per heavy atom. The lowest BCUT2D eigenvalue weighted by Crippen LogP contribution is -2.52.